The Morgan fingerprint density at radius 1 is 0.545 bits per heavy atom. The minimum Gasteiger partial charge on any atom is -0.497 e. The van der Waals surface area contributed by atoms with Crippen LogP contribution in [0.15, 0.2) is 71.5 Å². The van der Waals surface area contributed by atoms with Gasteiger partial charge in [0.1, 0.15) is 23.0 Å². The molecule has 0 N–H and O–H groups in total. The van der Waals surface area contributed by atoms with Crippen molar-refractivity contribution in [3.05, 3.63) is 77.1 Å². The number of methoxy groups -OCH3 is 4. The summed E-state index contributed by atoms with van der Waals surface area (Å²) in [4.78, 5) is 1.56. The molecule has 33 heavy (non-hydrogen) atoms. The molecular formula is C27H32O4Si2. The van der Waals surface area contributed by atoms with E-state index >= 15 is 0 Å². The van der Waals surface area contributed by atoms with Crippen molar-refractivity contribution in [1.82, 2.24) is 0 Å². The summed E-state index contributed by atoms with van der Waals surface area (Å²) in [5, 5.41) is 3.69. The van der Waals surface area contributed by atoms with E-state index in [1.54, 1.807) is 33.3 Å². The lowest BCUT2D eigenvalue weighted by Crippen LogP contribution is -2.55. The minimum atomic E-state index is -2.71. The van der Waals surface area contributed by atoms with E-state index < -0.39 is 16.1 Å². The highest BCUT2D eigenvalue weighted by molar-refractivity contribution is 7.39. The summed E-state index contributed by atoms with van der Waals surface area (Å²) in [6.07, 6.45) is 0. The molecule has 1 aliphatic rings. The maximum Gasteiger partial charge on any atom is 0.190 e. The molecular weight excluding hydrogens is 444 g/mol. The van der Waals surface area contributed by atoms with Gasteiger partial charge in [0, 0.05) is 10.4 Å². The van der Waals surface area contributed by atoms with E-state index in [1.807, 2.05) is 36.4 Å². The third kappa shape index (κ3) is 3.58. The fraction of sp³-hybridized carbons (Fsp3) is 0.259. The van der Waals surface area contributed by atoms with Crippen LogP contribution < -0.4 is 29.3 Å². The Kier molecular flexibility index (Phi) is 6.16. The molecule has 0 aromatic heterocycles. The molecule has 1 aliphatic heterocycles. The molecule has 0 unspecified atom stereocenters. The van der Waals surface area contributed by atoms with Crippen LogP contribution in [-0.2, 0) is 0 Å². The van der Waals surface area contributed by atoms with Crippen LogP contribution in [0.1, 0.15) is 5.56 Å². The van der Waals surface area contributed by atoms with Crippen molar-refractivity contribution in [2.45, 2.75) is 19.6 Å². The molecule has 0 saturated heterocycles. The SMILES string of the molecule is COc1cccc(OC)c1[Si]1(c2c(OC)cccc2OC)C(c2ccccc2)=C1[Si](C)(C)C. The average molecular weight is 477 g/mol. The first-order valence-corrected chi connectivity index (χ1v) is 16.6. The zero-order chi connectivity index (χ0) is 23.8. The molecule has 0 aliphatic carbocycles. The van der Waals surface area contributed by atoms with E-state index in [-0.39, 0.29) is 0 Å². The molecule has 0 radical (unpaired) electrons. The summed E-state index contributed by atoms with van der Waals surface area (Å²) in [6.45, 7) is 7.26. The zero-order valence-corrected chi connectivity index (χ0v) is 22.5. The van der Waals surface area contributed by atoms with Crippen LogP contribution in [0, 0.1) is 0 Å². The molecule has 3 aromatic carbocycles. The maximum absolute atomic E-state index is 5.99. The van der Waals surface area contributed by atoms with Gasteiger partial charge in [-0.2, -0.15) is 0 Å². The van der Waals surface area contributed by atoms with Crippen LogP contribution in [0.5, 0.6) is 23.0 Å². The van der Waals surface area contributed by atoms with Crippen molar-refractivity contribution >= 4 is 31.7 Å². The van der Waals surface area contributed by atoms with E-state index in [2.05, 4.69) is 50.0 Å². The molecule has 3 aromatic rings. The van der Waals surface area contributed by atoms with Gasteiger partial charge in [-0.1, -0.05) is 66.9 Å². The normalized spacial score (nSPS) is 14.6. The largest absolute Gasteiger partial charge is 0.497 e. The van der Waals surface area contributed by atoms with E-state index in [0.717, 1.165) is 33.4 Å². The molecule has 4 rings (SSSR count). The molecule has 0 saturated carbocycles. The van der Waals surface area contributed by atoms with E-state index in [0.29, 0.717) is 0 Å². The highest BCUT2D eigenvalue weighted by atomic mass is 28.4. The second-order valence-corrected chi connectivity index (χ2v) is 18.2. The molecule has 0 atom stereocenters. The van der Waals surface area contributed by atoms with Crippen molar-refractivity contribution < 1.29 is 18.9 Å². The Morgan fingerprint density at radius 2 is 0.939 bits per heavy atom. The molecule has 172 valence electrons. The molecule has 0 spiro atoms. The Hall–Kier alpha value is -2.97. The second-order valence-electron chi connectivity index (χ2n) is 9.19. The molecule has 6 heteroatoms. The van der Waals surface area contributed by atoms with Crippen molar-refractivity contribution in [3.63, 3.8) is 0 Å². The third-order valence-corrected chi connectivity index (χ3v) is 16.3. The first kappa shape index (κ1) is 23.2. The molecule has 0 amide bonds. The molecule has 1 heterocycles. The number of hydrogen-bond acceptors (Lipinski definition) is 4. The molecule has 0 fully saturated rings. The van der Waals surface area contributed by atoms with Gasteiger partial charge in [0.2, 0.25) is 0 Å². The zero-order valence-electron chi connectivity index (χ0n) is 20.5. The van der Waals surface area contributed by atoms with Crippen molar-refractivity contribution in [3.8, 4) is 23.0 Å². The summed E-state index contributed by atoms with van der Waals surface area (Å²) in [6, 6.07) is 22.9. The second kappa shape index (κ2) is 8.76. The lowest BCUT2D eigenvalue weighted by atomic mass is 10.2. The first-order chi connectivity index (χ1) is 15.9. The Bertz CT molecular complexity index is 1100. The number of rotatable bonds is 8. The van der Waals surface area contributed by atoms with Crippen molar-refractivity contribution in [1.29, 1.82) is 0 Å². The highest BCUT2D eigenvalue weighted by Crippen LogP contribution is 2.56. The van der Waals surface area contributed by atoms with Gasteiger partial charge >= 0.3 is 0 Å². The lowest BCUT2D eigenvalue weighted by molar-refractivity contribution is 0.398. The van der Waals surface area contributed by atoms with Crippen LogP contribution in [0.4, 0.5) is 0 Å². The molecule has 0 bridgehead atoms. The third-order valence-electron chi connectivity index (χ3n) is 6.36. The van der Waals surface area contributed by atoms with Crippen LogP contribution in [-0.4, -0.2) is 44.6 Å². The standard InChI is InChI=1S/C27H32O4Si2/c1-28-20-15-11-16-21(29-2)25(20)33(26-22(30-3)17-12-18-23(26)31-4)24(27(33)32(5,6)7)19-13-9-8-10-14-19/h8-18H,1-7H3. The summed E-state index contributed by atoms with van der Waals surface area (Å²) < 4.78 is 24.0. The Balaban J connectivity index is 2.20. The van der Waals surface area contributed by atoms with Gasteiger partial charge < -0.3 is 18.9 Å². The van der Waals surface area contributed by atoms with Crippen LogP contribution in [0.2, 0.25) is 19.6 Å². The molecule has 4 nitrogen and oxygen atoms in total. The van der Waals surface area contributed by atoms with Crippen molar-refractivity contribution in [2.24, 2.45) is 0 Å². The van der Waals surface area contributed by atoms with Crippen molar-refractivity contribution in [2.75, 3.05) is 28.4 Å². The Labute approximate surface area is 198 Å². The van der Waals surface area contributed by atoms with Gasteiger partial charge in [0.25, 0.3) is 0 Å². The summed E-state index contributed by atoms with van der Waals surface area (Å²) in [5.41, 5.74) is 1.25. The van der Waals surface area contributed by atoms with Crippen LogP contribution >= 0.6 is 0 Å². The van der Waals surface area contributed by atoms with Gasteiger partial charge in [-0.25, -0.2) is 0 Å². The Morgan fingerprint density at radius 3 is 1.27 bits per heavy atom. The van der Waals surface area contributed by atoms with Crippen LogP contribution in [0.3, 0.4) is 0 Å². The minimum absolute atomic E-state index is 0.843. The van der Waals surface area contributed by atoms with Gasteiger partial charge in [0.05, 0.1) is 36.5 Å². The van der Waals surface area contributed by atoms with Gasteiger partial charge in [-0.15, -0.1) is 0 Å². The quantitative estimate of drug-likeness (QED) is 0.441. The fourth-order valence-corrected chi connectivity index (χ4v) is 18.4. The summed E-state index contributed by atoms with van der Waals surface area (Å²) in [7, 11) is 2.44. The van der Waals surface area contributed by atoms with E-state index in [1.165, 1.54) is 10.8 Å². The average Bonchev–Trinajstić information content (AvgIpc) is 3.54. The number of ether oxygens (including phenoxy) is 4. The fourth-order valence-electron chi connectivity index (χ4n) is 5.25. The predicted molar refractivity (Wildman–Crippen MR) is 141 cm³/mol. The number of hydrogen-bond donors (Lipinski definition) is 0. The highest BCUT2D eigenvalue weighted by Gasteiger charge is 2.66. The monoisotopic (exact) mass is 476 g/mol. The summed E-state index contributed by atoms with van der Waals surface area (Å²) >= 11 is 0. The number of benzene rings is 3. The van der Waals surface area contributed by atoms with Crippen LogP contribution in [0.25, 0.3) is 5.20 Å². The predicted octanol–water partition coefficient (Wildman–Crippen LogP) is 4.71. The topological polar surface area (TPSA) is 36.9 Å². The maximum atomic E-state index is 5.99. The van der Waals surface area contributed by atoms with Gasteiger partial charge in [-0.05, 0) is 35.0 Å². The van der Waals surface area contributed by atoms with E-state index in [4.69, 9.17) is 18.9 Å². The van der Waals surface area contributed by atoms with Gasteiger partial charge in [0.15, 0.2) is 8.07 Å². The lowest BCUT2D eigenvalue weighted by Gasteiger charge is -2.30. The smallest absolute Gasteiger partial charge is 0.190 e. The summed E-state index contributed by atoms with van der Waals surface area (Å²) in [5.74, 6) is 3.37. The van der Waals surface area contributed by atoms with E-state index in [9.17, 15) is 0 Å². The van der Waals surface area contributed by atoms with Gasteiger partial charge in [-0.3, -0.25) is 0 Å². The first-order valence-electron chi connectivity index (χ1n) is 11.1.